The monoisotopic (exact) mass is 185 g/mol. The van der Waals surface area contributed by atoms with Crippen LogP contribution >= 0.6 is 0 Å². The van der Waals surface area contributed by atoms with Crippen LogP contribution in [-0.4, -0.2) is 22.7 Å². The van der Waals surface area contributed by atoms with Gasteiger partial charge < -0.3 is 14.3 Å². The molecule has 5 nitrogen and oxygen atoms in total. The van der Waals surface area contributed by atoms with E-state index in [2.05, 4.69) is 4.98 Å². The summed E-state index contributed by atoms with van der Waals surface area (Å²) < 4.78 is 10.1. The van der Waals surface area contributed by atoms with Crippen molar-refractivity contribution < 1.29 is 19.1 Å². The van der Waals surface area contributed by atoms with Crippen LogP contribution in [0.3, 0.4) is 0 Å². The molecule has 1 N–H and O–H groups in total. The van der Waals surface area contributed by atoms with E-state index in [4.69, 9.17) is 14.3 Å². The smallest absolute Gasteiger partial charge is 0.309 e. The van der Waals surface area contributed by atoms with Gasteiger partial charge in [-0.05, 0) is 6.92 Å². The van der Waals surface area contributed by atoms with Gasteiger partial charge >= 0.3 is 11.9 Å². The first kappa shape index (κ1) is 9.57. The van der Waals surface area contributed by atoms with Crippen LogP contribution in [0.4, 0.5) is 0 Å². The average Bonchev–Trinajstić information content (AvgIpc) is 2.31. The molecule has 0 aliphatic carbocycles. The lowest BCUT2D eigenvalue weighted by atomic mass is 10.3. The summed E-state index contributed by atoms with van der Waals surface area (Å²) in [6.45, 7) is 3.87. The number of aliphatic carboxylic acids is 1. The van der Waals surface area contributed by atoms with Crippen LogP contribution in [0.15, 0.2) is 4.42 Å². The number of carbonyl (C=O) groups is 1. The van der Waals surface area contributed by atoms with Crippen molar-refractivity contribution >= 4 is 5.97 Å². The molecule has 0 spiro atoms. The van der Waals surface area contributed by atoms with E-state index in [1.54, 1.807) is 13.8 Å². The molecule has 0 aliphatic heterocycles. The number of carboxylic acid groups (broad SMARTS) is 1. The second-order valence-electron chi connectivity index (χ2n) is 2.47. The molecular formula is C8H11NO4. The number of hydrogen-bond donors (Lipinski definition) is 1. The van der Waals surface area contributed by atoms with E-state index in [0.29, 0.717) is 18.2 Å². The Morgan fingerprint density at radius 2 is 2.38 bits per heavy atom. The van der Waals surface area contributed by atoms with Crippen LogP contribution in [0.25, 0.3) is 0 Å². The number of ether oxygens (including phenoxy) is 1. The Bertz CT molecular complexity index is 305. The zero-order valence-electron chi connectivity index (χ0n) is 7.53. The molecule has 0 amide bonds. The third kappa shape index (κ3) is 2.47. The number of nitrogens with zero attached hydrogens (tertiary/aromatic N) is 1. The van der Waals surface area contributed by atoms with Crippen molar-refractivity contribution in [1.29, 1.82) is 0 Å². The largest absolute Gasteiger partial charge is 0.481 e. The van der Waals surface area contributed by atoms with Crippen LogP contribution < -0.4 is 4.74 Å². The van der Waals surface area contributed by atoms with Crippen LogP contribution in [0.2, 0.25) is 0 Å². The molecule has 0 saturated carbocycles. The van der Waals surface area contributed by atoms with Gasteiger partial charge in [0.05, 0.1) is 13.0 Å². The number of aryl methyl sites for hydroxylation is 1. The topological polar surface area (TPSA) is 72.6 Å². The Morgan fingerprint density at radius 1 is 1.69 bits per heavy atom. The summed E-state index contributed by atoms with van der Waals surface area (Å²) in [7, 11) is 0. The molecule has 0 bridgehead atoms. The van der Waals surface area contributed by atoms with Gasteiger partial charge in [-0.2, -0.15) is 0 Å². The van der Waals surface area contributed by atoms with E-state index in [-0.39, 0.29) is 12.4 Å². The summed E-state index contributed by atoms with van der Waals surface area (Å²) in [6, 6.07) is 0. The Balaban J connectivity index is 2.83. The number of carboxylic acids is 1. The Hall–Kier alpha value is -1.52. The van der Waals surface area contributed by atoms with Gasteiger partial charge in [-0.1, -0.05) is 0 Å². The lowest BCUT2D eigenvalue weighted by Crippen LogP contribution is -2.03. The normalized spacial score (nSPS) is 10.0. The van der Waals surface area contributed by atoms with Crippen LogP contribution in [0.1, 0.15) is 18.5 Å². The highest BCUT2D eigenvalue weighted by Gasteiger charge is 2.14. The molecule has 1 aromatic heterocycles. The van der Waals surface area contributed by atoms with Gasteiger partial charge in [0.25, 0.3) is 0 Å². The van der Waals surface area contributed by atoms with Crippen LogP contribution in [0, 0.1) is 6.92 Å². The molecule has 0 aromatic carbocycles. The Labute approximate surface area is 75.3 Å². The van der Waals surface area contributed by atoms with E-state index in [1.165, 1.54) is 0 Å². The molecule has 72 valence electrons. The molecule has 5 heteroatoms. The minimum Gasteiger partial charge on any atom is -0.481 e. The van der Waals surface area contributed by atoms with Crippen molar-refractivity contribution in [2.75, 3.05) is 6.61 Å². The number of rotatable bonds is 4. The fourth-order valence-electron chi connectivity index (χ4n) is 0.950. The van der Waals surface area contributed by atoms with Crippen molar-refractivity contribution in [3.05, 3.63) is 11.6 Å². The van der Waals surface area contributed by atoms with Crippen molar-refractivity contribution in [1.82, 2.24) is 4.98 Å². The zero-order chi connectivity index (χ0) is 9.84. The summed E-state index contributed by atoms with van der Waals surface area (Å²) in [5.74, 6) is -0.323. The molecule has 0 saturated heterocycles. The maximum absolute atomic E-state index is 10.4. The lowest BCUT2D eigenvalue weighted by Gasteiger charge is -1.97. The molecule has 1 heterocycles. The van der Waals surface area contributed by atoms with Gasteiger partial charge in [0, 0.05) is 6.92 Å². The highest BCUT2D eigenvalue weighted by Crippen LogP contribution is 2.19. The zero-order valence-corrected chi connectivity index (χ0v) is 7.53. The maximum atomic E-state index is 10.4. The molecule has 0 fully saturated rings. The van der Waals surface area contributed by atoms with Gasteiger partial charge in [-0.3, -0.25) is 4.79 Å². The summed E-state index contributed by atoms with van der Waals surface area (Å²) >= 11 is 0. The predicted octanol–water partition coefficient (Wildman–Crippen LogP) is 1.01. The van der Waals surface area contributed by atoms with E-state index in [9.17, 15) is 4.79 Å². The first-order chi connectivity index (χ1) is 6.13. The molecular weight excluding hydrogens is 174 g/mol. The van der Waals surface area contributed by atoms with Crippen molar-refractivity contribution in [2.24, 2.45) is 0 Å². The second kappa shape index (κ2) is 3.93. The van der Waals surface area contributed by atoms with E-state index in [0.717, 1.165) is 0 Å². The third-order valence-electron chi connectivity index (χ3n) is 1.36. The van der Waals surface area contributed by atoms with Crippen molar-refractivity contribution in [3.8, 4) is 5.95 Å². The molecule has 1 aromatic rings. The highest BCUT2D eigenvalue weighted by atomic mass is 16.6. The lowest BCUT2D eigenvalue weighted by molar-refractivity contribution is -0.136. The molecule has 0 atom stereocenters. The standard InChI is InChI=1S/C8H11NO4/c1-3-12-8-6(4-7(10)11)9-5(2)13-8/h3-4H2,1-2H3,(H,10,11). The van der Waals surface area contributed by atoms with E-state index < -0.39 is 5.97 Å². The Kier molecular flexibility index (Phi) is 2.89. The summed E-state index contributed by atoms with van der Waals surface area (Å²) in [6.07, 6.45) is -0.174. The fraction of sp³-hybridized carbons (Fsp3) is 0.500. The average molecular weight is 185 g/mol. The number of hydrogen-bond acceptors (Lipinski definition) is 4. The van der Waals surface area contributed by atoms with Gasteiger partial charge in [-0.15, -0.1) is 0 Å². The fourth-order valence-corrected chi connectivity index (χ4v) is 0.950. The van der Waals surface area contributed by atoms with E-state index >= 15 is 0 Å². The van der Waals surface area contributed by atoms with Gasteiger partial charge in [-0.25, -0.2) is 4.98 Å². The van der Waals surface area contributed by atoms with Crippen LogP contribution in [-0.2, 0) is 11.2 Å². The van der Waals surface area contributed by atoms with Crippen LogP contribution in [0.5, 0.6) is 5.95 Å². The summed E-state index contributed by atoms with van der Waals surface area (Å²) in [5.41, 5.74) is 0.340. The first-order valence-corrected chi connectivity index (χ1v) is 3.94. The van der Waals surface area contributed by atoms with Crippen molar-refractivity contribution in [2.45, 2.75) is 20.3 Å². The summed E-state index contributed by atoms with van der Waals surface area (Å²) in [4.78, 5) is 14.3. The predicted molar refractivity (Wildman–Crippen MR) is 43.7 cm³/mol. The van der Waals surface area contributed by atoms with E-state index in [1.807, 2.05) is 0 Å². The highest BCUT2D eigenvalue weighted by molar-refractivity contribution is 5.70. The quantitative estimate of drug-likeness (QED) is 0.757. The SMILES string of the molecule is CCOc1oc(C)nc1CC(=O)O. The van der Waals surface area contributed by atoms with Gasteiger partial charge in [0.2, 0.25) is 0 Å². The van der Waals surface area contributed by atoms with Gasteiger partial charge in [0.1, 0.15) is 5.69 Å². The van der Waals surface area contributed by atoms with Crippen molar-refractivity contribution in [3.63, 3.8) is 0 Å². The molecule has 1 rings (SSSR count). The maximum Gasteiger partial charge on any atom is 0.309 e. The molecule has 0 aliphatic rings. The molecule has 13 heavy (non-hydrogen) atoms. The Morgan fingerprint density at radius 3 is 2.92 bits per heavy atom. The minimum atomic E-state index is -0.950. The third-order valence-corrected chi connectivity index (χ3v) is 1.36. The van der Waals surface area contributed by atoms with Gasteiger partial charge in [0.15, 0.2) is 5.89 Å². The first-order valence-electron chi connectivity index (χ1n) is 3.94. The molecule has 0 unspecified atom stereocenters. The summed E-state index contributed by atoms with van der Waals surface area (Å²) in [5, 5.41) is 8.53. The minimum absolute atomic E-state index is 0.174. The number of oxazole rings is 1. The molecule has 0 radical (unpaired) electrons. The number of aromatic nitrogens is 1. The second-order valence-corrected chi connectivity index (χ2v) is 2.47.